The maximum absolute atomic E-state index is 12.5. The minimum absolute atomic E-state index is 0.114. The van der Waals surface area contributed by atoms with Gasteiger partial charge in [0.05, 0.1) is 0 Å². The fraction of sp³-hybridized carbons (Fsp3) is 0.125. The highest BCUT2D eigenvalue weighted by Crippen LogP contribution is 2.17. The summed E-state index contributed by atoms with van der Waals surface area (Å²) < 4.78 is 0. The molecule has 4 rings (SSSR count). The summed E-state index contributed by atoms with van der Waals surface area (Å²) in [6.45, 7) is 4.24. The average Bonchev–Trinajstić information content (AvgIpc) is 2.94. The number of carbonyl (C=O) groups excluding carboxylic acids is 2. The van der Waals surface area contributed by atoms with Crippen LogP contribution in [0.3, 0.4) is 0 Å². The molecule has 0 fully saturated rings. The summed E-state index contributed by atoms with van der Waals surface area (Å²) >= 11 is 0. The molecule has 0 atom stereocenters. The zero-order valence-electron chi connectivity index (χ0n) is 21.3. The van der Waals surface area contributed by atoms with Crippen LogP contribution in [-0.4, -0.2) is 19.1 Å². The molecule has 37 heavy (non-hydrogen) atoms. The Bertz CT molecular complexity index is 1360. The van der Waals surface area contributed by atoms with Crippen LogP contribution in [-0.2, 0) is 12.7 Å². The number of rotatable bonds is 9. The highest BCUT2D eigenvalue weighted by molar-refractivity contribution is 6.32. The standard InChI is InChI=1S/C32H31BN2O2/c1-3-23-6-14-27(15-7-23)31(36)34-29-18-10-24(11-19-29)4-5-25-12-20-30(21-13-25)35-32(37)28-16-8-26(9-17-28)22-33-2/h4-21,33H,3,22H2,1-2H3,(H,34,36)(H,35,37)/b5-4+. The molecule has 0 aromatic heterocycles. The number of benzene rings is 4. The Morgan fingerprint density at radius 3 is 1.41 bits per heavy atom. The molecule has 184 valence electrons. The van der Waals surface area contributed by atoms with Crippen molar-refractivity contribution in [3.63, 3.8) is 0 Å². The van der Waals surface area contributed by atoms with Crippen LogP contribution >= 0.6 is 0 Å². The molecular weight excluding hydrogens is 455 g/mol. The van der Waals surface area contributed by atoms with E-state index in [1.165, 1.54) is 11.1 Å². The molecule has 0 saturated heterocycles. The van der Waals surface area contributed by atoms with Crippen molar-refractivity contribution in [1.29, 1.82) is 0 Å². The van der Waals surface area contributed by atoms with Gasteiger partial charge in [0.1, 0.15) is 7.28 Å². The Balaban J connectivity index is 1.30. The fourth-order valence-corrected chi connectivity index (χ4v) is 3.96. The number of nitrogens with one attached hydrogen (secondary N) is 2. The first-order valence-corrected chi connectivity index (χ1v) is 12.7. The van der Waals surface area contributed by atoms with E-state index in [1.54, 1.807) is 0 Å². The Morgan fingerprint density at radius 2 is 1.03 bits per heavy atom. The highest BCUT2D eigenvalue weighted by atomic mass is 16.2. The first kappa shape index (κ1) is 25.7. The normalized spacial score (nSPS) is 10.8. The van der Waals surface area contributed by atoms with E-state index in [9.17, 15) is 9.59 Å². The van der Waals surface area contributed by atoms with Gasteiger partial charge in [-0.1, -0.05) is 86.3 Å². The second-order valence-corrected chi connectivity index (χ2v) is 8.98. The molecule has 4 aromatic rings. The first-order chi connectivity index (χ1) is 18.0. The topological polar surface area (TPSA) is 58.2 Å². The van der Waals surface area contributed by atoms with Gasteiger partial charge in [0.15, 0.2) is 0 Å². The molecule has 0 heterocycles. The lowest BCUT2D eigenvalue weighted by Crippen LogP contribution is -2.11. The summed E-state index contributed by atoms with van der Waals surface area (Å²) in [6.07, 6.45) is 6.00. The Hall–Kier alpha value is -4.38. The van der Waals surface area contributed by atoms with Crippen LogP contribution in [0.2, 0.25) is 6.82 Å². The first-order valence-electron chi connectivity index (χ1n) is 12.7. The summed E-state index contributed by atoms with van der Waals surface area (Å²) in [5.41, 5.74) is 7.30. The van der Waals surface area contributed by atoms with E-state index in [0.29, 0.717) is 11.1 Å². The van der Waals surface area contributed by atoms with E-state index in [1.807, 2.05) is 109 Å². The fourth-order valence-electron chi connectivity index (χ4n) is 3.96. The van der Waals surface area contributed by atoms with Crippen molar-refractivity contribution in [3.05, 3.63) is 130 Å². The van der Waals surface area contributed by atoms with Crippen molar-refractivity contribution in [2.45, 2.75) is 26.5 Å². The number of anilines is 2. The van der Waals surface area contributed by atoms with Crippen LogP contribution < -0.4 is 10.6 Å². The largest absolute Gasteiger partial charge is 0.322 e. The van der Waals surface area contributed by atoms with E-state index in [-0.39, 0.29) is 11.8 Å². The molecule has 0 saturated carbocycles. The monoisotopic (exact) mass is 486 g/mol. The third-order valence-electron chi connectivity index (χ3n) is 6.18. The second kappa shape index (κ2) is 12.5. The van der Waals surface area contributed by atoms with Gasteiger partial charge < -0.3 is 10.6 Å². The number of hydrogen-bond donors (Lipinski definition) is 2. The average molecular weight is 486 g/mol. The van der Waals surface area contributed by atoms with E-state index < -0.39 is 0 Å². The van der Waals surface area contributed by atoms with Crippen molar-refractivity contribution >= 4 is 42.6 Å². The van der Waals surface area contributed by atoms with Crippen LogP contribution in [0, 0.1) is 0 Å². The Labute approximate surface area is 219 Å². The van der Waals surface area contributed by atoms with Gasteiger partial charge in [0.25, 0.3) is 11.8 Å². The molecule has 0 aliphatic carbocycles. The van der Waals surface area contributed by atoms with Crippen LogP contribution in [0.4, 0.5) is 11.4 Å². The van der Waals surface area contributed by atoms with Crippen LogP contribution in [0.1, 0.15) is 49.9 Å². The Morgan fingerprint density at radius 1 is 0.622 bits per heavy atom. The summed E-state index contributed by atoms with van der Waals surface area (Å²) in [5, 5.41) is 5.89. The lowest BCUT2D eigenvalue weighted by atomic mass is 9.75. The molecular formula is C32H31BN2O2. The highest BCUT2D eigenvalue weighted by Gasteiger charge is 2.07. The van der Waals surface area contributed by atoms with Crippen molar-refractivity contribution in [2.24, 2.45) is 0 Å². The van der Waals surface area contributed by atoms with Gasteiger partial charge in [-0.2, -0.15) is 0 Å². The SMILES string of the molecule is CBCc1ccc(C(=O)Nc2ccc(/C=C/c3ccc(NC(=O)c4ccc(CC)cc4)cc3)cc2)cc1. The molecule has 0 spiro atoms. The van der Waals surface area contributed by atoms with E-state index >= 15 is 0 Å². The van der Waals surface area contributed by atoms with Crippen molar-refractivity contribution < 1.29 is 9.59 Å². The second-order valence-electron chi connectivity index (χ2n) is 8.98. The van der Waals surface area contributed by atoms with Gasteiger partial charge in [0.2, 0.25) is 0 Å². The molecule has 0 aliphatic rings. The number of carbonyl (C=O) groups is 2. The third-order valence-corrected chi connectivity index (χ3v) is 6.18. The summed E-state index contributed by atoms with van der Waals surface area (Å²) in [7, 11) is 1.09. The van der Waals surface area contributed by atoms with Gasteiger partial charge in [-0.05, 0) is 71.6 Å². The maximum atomic E-state index is 12.5. The molecule has 2 amide bonds. The van der Waals surface area contributed by atoms with Crippen LogP contribution in [0.25, 0.3) is 12.2 Å². The lowest BCUT2D eigenvalue weighted by Gasteiger charge is -2.07. The van der Waals surface area contributed by atoms with Gasteiger partial charge in [-0.15, -0.1) is 0 Å². The third kappa shape index (κ3) is 7.31. The number of amides is 2. The molecule has 0 bridgehead atoms. The minimum atomic E-state index is -0.119. The van der Waals surface area contributed by atoms with Gasteiger partial charge in [-0.25, -0.2) is 0 Å². The maximum Gasteiger partial charge on any atom is 0.255 e. The molecule has 2 N–H and O–H groups in total. The summed E-state index contributed by atoms with van der Waals surface area (Å²) in [5.74, 6) is -0.233. The summed E-state index contributed by atoms with van der Waals surface area (Å²) in [6, 6.07) is 30.9. The Kier molecular flexibility index (Phi) is 8.72. The predicted molar refractivity (Wildman–Crippen MR) is 157 cm³/mol. The van der Waals surface area contributed by atoms with E-state index in [0.717, 1.165) is 42.5 Å². The quantitative estimate of drug-likeness (QED) is 0.200. The molecule has 0 radical (unpaired) electrons. The summed E-state index contributed by atoms with van der Waals surface area (Å²) in [4.78, 5) is 25.0. The van der Waals surface area contributed by atoms with Crippen molar-refractivity contribution in [3.8, 4) is 0 Å². The van der Waals surface area contributed by atoms with Crippen molar-refractivity contribution in [1.82, 2.24) is 0 Å². The molecule has 4 aromatic carbocycles. The molecule has 5 heteroatoms. The van der Waals surface area contributed by atoms with E-state index in [2.05, 4.69) is 24.4 Å². The van der Waals surface area contributed by atoms with Crippen molar-refractivity contribution in [2.75, 3.05) is 10.6 Å². The van der Waals surface area contributed by atoms with Gasteiger partial charge in [0, 0.05) is 22.5 Å². The zero-order valence-corrected chi connectivity index (χ0v) is 21.3. The molecule has 4 nitrogen and oxygen atoms in total. The zero-order chi connectivity index (χ0) is 26.0. The predicted octanol–water partition coefficient (Wildman–Crippen LogP) is 6.91. The number of hydrogen-bond acceptors (Lipinski definition) is 2. The van der Waals surface area contributed by atoms with Gasteiger partial charge >= 0.3 is 0 Å². The van der Waals surface area contributed by atoms with Crippen LogP contribution in [0.15, 0.2) is 97.1 Å². The molecule has 0 unspecified atom stereocenters. The smallest absolute Gasteiger partial charge is 0.255 e. The minimum Gasteiger partial charge on any atom is -0.322 e. The number of aryl methyl sites for hydroxylation is 1. The van der Waals surface area contributed by atoms with E-state index in [4.69, 9.17) is 0 Å². The molecule has 0 aliphatic heterocycles. The van der Waals surface area contributed by atoms with Gasteiger partial charge in [-0.3, -0.25) is 9.59 Å². The lowest BCUT2D eigenvalue weighted by molar-refractivity contribution is 0.101. The van der Waals surface area contributed by atoms with Crippen LogP contribution in [0.5, 0.6) is 0 Å².